The predicted octanol–water partition coefficient (Wildman–Crippen LogP) is 1.38. The van der Waals surface area contributed by atoms with Crippen LogP contribution in [0.1, 0.15) is 36.2 Å². The maximum absolute atomic E-state index is 12.6. The molecule has 18 heavy (non-hydrogen) atoms. The highest BCUT2D eigenvalue weighted by atomic mass is 16.2. The fraction of sp³-hybridized carbons (Fsp3) is 0.643. The molecule has 1 saturated heterocycles. The molecule has 0 radical (unpaired) electrons. The Kier molecular flexibility index (Phi) is 3.12. The highest BCUT2D eigenvalue weighted by Gasteiger charge is 2.35. The van der Waals surface area contributed by atoms with Crippen LogP contribution in [-0.2, 0) is 7.05 Å². The van der Waals surface area contributed by atoms with Crippen LogP contribution >= 0.6 is 0 Å². The Hall–Kier alpha value is -1.29. The SMILES string of the molecule is Cn1cccc1C(=O)N(CC1CCCN1)C1CC1. The molecule has 0 aromatic carbocycles. The van der Waals surface area contributed by atoms with Gasteiger partial charge < -0.3 is 14.8 Å². The molecule has 1 N–H and O–H groups in total. The summed E-state index contributed by atoms with van der Waals surface area (Å²) in [5.41, 5.74) is 0.805. The van der Waals surface area contributed by atoms with Gasteiger partial charge in [-0.05, 0) is 44.4 Å². The number of hydrogen-bond donors (Lipinski definition) is 1. The van der Waals surface area contributed by atoms with Crippen molar-refractivity contribution >= 4 is 5.91 Å². The van der Waals surface area contributed by atoms with Gasteiger partial charge in [0.2, 0.25) is 0 Å². The average Bonchev–Trinajstić information content (AvgIpc) is 2.89. The van der Waals surface area contributed by atoms with Crippen molar-refractivity contribution in [3.8, 4) is 0 Å². The van der Waals surface area contributed by atoms with Gasteiger partial charge in [-0.3, -0.25) is 4.79 Å². The summed E-state index contributed by atoms with van der Waals surface area (Å²) in [5, 5.41) is 3.48. The first-order valence-electron chi connectivity index (χ1n) is 6.91. The van der Waals surface area contributed by atoms with E-state index in [0.29, 0.717) is 12.1 Å². The molecule has 1 aromatic rings. The number of carbonyl (C=O) groups excluding carboxylic acids is 1. The second-order valence-corrected chi connectivity index (χ2v) is 5.49. The maximum atomic E-state index is 12.6. The minimum absolute atomic E-state index is 0.193. The van der Waals surface area contributed by atoms with E-state index in [1.807, 2.05) is 29.9 Å². The summed E-state index contributed by atoms with van der Waals surface area (Å²) in [6.07, 6.45) is 6.71. The van der Waals surface area contributed by atoms with Gasteiger partial charge in [-0.15, -0.1) is 0 Å². The van der Waals surface area contributed by atoms with E-state index in [1.54, 1.807) is 0 Å². The van der Waals surface area contributed by atoms with Crippen molar-refractivity contribution in [3.63, 3.8) is 0 Å². The van der Waals surface area contributed by atoms with Gasteiger partial charge in [0.25, 0.3) is 5.91 Å². The van der Waals surface area contributed by atoms with Crippen molar-refractivity contribution in [2.45, 2.75) is 37.8 Å². The van der Waals surface area contributed by atoms with Crippen molar-refractivity contribution < 1.29 is 4.79 Å². The van der Waals surface area contributed by atoms with Crippen LogP contribution in [0.3, 0.4) is 0 Å². The highest BCUT2D eigenvalue weighted by Crippen LogP contribution is 2.29. The summed E-state index contributed by atoms with van der Waals surface area (Å²) in [5.74, 6) is 0.193. The molecule has 3 rings (SSSR count). The topological polar surface area (TPSA) is 37.3 Å². The lowest BCUT2D eigenvalue weighted by Crippen LogP contribution is -2.42. The third kappa shape index (κ3) is 2.29. The Labute approximate surface area is 108 Å². The number of rotatable bonds is 4. The summed E-state index contributed by atoms with van der Waals surface area (Å²) in [6.45, 7) is 1.97. The van der Waals surface area contributed by atoms with E-state index >= 15 is 0 Å². The summed E-state index contributed by atoms with van der Waals surface area (Å²) < 4.78 is 1.92. The Morgan fingerprint density at radius 1 is 1.50 bits per heavy atom. The van der Waals surface area contributed by atoms with Gasteiger partial charge in [0.1, 0.15) is 5.69 Å². The predicted molar refractivity (Wildman–Crippen MR) is 70.5 cm³/mol. The third-order valence-corrected chi connectivity index (χ3v) is 3.99. The fourth-order valence-corrected chi connectivity index (χ4v) is 2.76. The monoisotopic (exact) mass is 247 g/mol. The summed E-state index contributed by atoms with van der Waals surface area (Å²) >= 11 is 0. The van der Waals surface area contributed by atoms with Crippen molar-refractivity contribution in [2.75, 3.05) is 13.1 Å². The zero-order chi connectivity index (χ0) is 12.5. The van der Waals surface area contributed by atoms with Crippen molar-refractivity contribution in [1.29, 1.82) is 0 Å². The lowest BCUT2D eigenvalue weighted by Gasteiger charge is -2.26. The first-order valence-corrected chi connectivity index (χ1v) is 6.91. The first-order chi connectivity index (χ1) is 8.75. The molecule has 0 spiro atoms. The number of nitrogens with zero attached hydrogens (tertiary/aromatic N) is 2. The lowest BCUT2D eigenvalue weighted by molar-refractivity contribution is 0.0719. The maximum Gasteiger partial charge on any atom is 0.270 e. The standard InChI is InChI=1S/C14H21N3O/c1-16-9-3-5-13(16)14(18)17(12-6-7-12)10-11-4-2-8-15-11/h3,5,9,11-12,15H,2,4,6-8,10H2,1H3. The van der Waals surface area contributed by atoms with Crippen LogP contribution in [0.5, 0.6) is 0 Å². The quantitative estimate of drug-likeness (QED) is 0.873. The van der Waals surface area contributed by atoms with Gasteiger partial charge in [-0.2, -0.15) is 0 Å². The number of hydrogen-bond acceptors (Lipinski definition) is 2. The molecule has 0 bridgehead atoms. The normalized spacial score (nSPS) is 23.3. The van der Waals surface area contributed by atoms with E-state index in [9.17, 15) is 4.79 Å². The van der Waals surface area contributed by atoms with Gasteiger partial charge in [-0.25, -0.2) is 0 Å². The molecule has 1 amide bonds. The largest absolute Gasteiger partial charge is 0.347 e. The molecule has 1 atom stereocenters. The molecule has 2 heterocycles. The van der Waals surface area contributed by atoms with E-state index in [1.165, 1.54) is 25.7 Å². The van der Waals surface area contributed by atoms with Crippen LogP contribution in [0.15, 0.2) is 18.3 Å². The number of amides is 1. The first kappa shape index (κ1) is 11.8. The number of carbonyl (C=O) groups is 1. The Morgan fingerprint density at radius 3 is 2.89 bits per heavy atom. The Bertz CT molecular complexity index is 430. The van der Waals surface area contributed by atoms with Crippen LogP contribution in [0.4, 0.5) is 0 Å². The molecule has 98 valence electrons. The van der Waals surface area contributed by atoms with E-state index in [-0.39, 0.29) is 5.91 Å². The molecular formula is C14H21N3O. The van der Waals surface area contributed by atoms with Gasteiger partial charge in [0.05, 0.1) is 0 Å². The molecule has 1 aromatic heterocycles. The Balaban J connectivity index is 1.73. The smallest absolute Gasteiger partial charge is 0.270 e. The van der Waals surface area contributed by atoms with Gasteiger partial charge >= 0.3 is 0 Å². The number of nitrogens with one attached hydrogen (secondary N) is 1. The molecule has 1 saturated carbocycles. The van der Waals surface area contributed by atoms with Crippen molar-refractivity contribution in [3.05, 3.63) is 24.0 Å². The Morgan fingerprint density at radius 2 is 2.33 bits per heavy atom. The van der Waals surface area contributed by atoms with E-state index in [4.69, 9.17) is 0 Å². The molecule has 2 aliphatic rings. The minimum atomic E-state index is 0.193. The lowest BCUT2D eigenvalue weighted by atomic mass is 10.2. The minimum Gasteiger partial charge on any atom is -0.347 e. The molecule has 4 nitrogen and oxygen atoms in total. The molecule has 4 heteroatoms. The third-order valence-electron chi connectivity index (χ3n) is 3.99. The van der Waals surface area contributed by atoms with E-state index in [0.717, 1.165) is 18.8 Å². The fourth-order valence-electron chi connectivity index (χ4n) is 2.76. The molecule has 1 aliphatic carbocycles. The van der Waals surface area contributed by atoms with Crippen LogP contribution in [0.2, 0.25) is 0 Å². The van der Waals surface area contributed by atoms with Crippen LogP contribution in [0.25, 0.3) is 0 Å². The van der Waals surface area contributed by atoms with E-state index < -0.39 is 0 Å². The molecule has 1 unspecified atom stereocenters. The van der Waals surface area contributed by atoms with E-state index in [2.05, 4.69) is 10.2 Å². The second-order valence-electron chi connectivity index (χ2n) is 5.49. The average molecular weight is 247 g/mol. The second kappa shape index (κ2) is 4.76. The summed E-state index contributed by atoms with van der Waals surface area (Å²) in [7, 11) is 1.94. The van der Waals surface area contributed by atoms with Crippen LogP contribution < -0.4 is 5.32 Å². The zero-order valence-corrected chi connectivity index (χ0v) is 10.9. The summed E-state index contributed by atoms with van der Waals surface area (Å²) in [4.78, 5) is 14.7. The molecule has 1 aliphatic heterocycles. The number of aromatic nitrogens is 1. The zero-order valence-electron chi connectivity index (χ0n) is 10.9. The summed E-state index contributed by atoms with van der Waals surface area (Å²) in [6, 6.07) is 4.83. The van der Waals surface area contributed by atoms with Gasteiger partial charge in [0.15, 0.2) is 0 Å². The van der Waals surface area contributed by atoms with Crippen LogP contribution in [-0.4, -0.2) is 40.5 Å². The molecular weight excluding hydrogens is 226 g/mol. The number of aryl methyl sites for hydroxylation is 1. The molecule has 2 fully saturated rings. The van der Waals surface area contributed by atoms with Gasteiger partial charge in [0, 0.05) is 31.9 Å². The van der Waals surface area contributed by atoms with Gasteiger partial charge in [-0.1, -0.05) is 0 Å². The highest BCUT2D eigenvalue weighted by molar-refractivity contribution is 5.93. The van der Waals surface area contributed by atoms with Crippen molar-refractivity contribution in [1.82, 2.24) is 14.8 Å². The van der Waals surface area contributed by atoms with Crippen LogP contribution in [0, 0.1) is 0 Å². The van der Waals surface area contributed by atoms with Crippen molar-refractivity contribution in [2.24, 2.45) is 7.05 Å².